The molecule has 0 unspecified atom stereocenters. The van der Waals surface area contributed by atoms with Crippen LogP contribution in [0.5, 0.6) is 17.2 Å². The first-order chi connectivity index (χ1) is 19.8. The van der Waals surface area contributed by atoms with Crippen LogP contribution in [0.4, 0.5) is 8.78 Å². The molecule has 2 amide bonds. The van der Waals surface area contributed by atoms with Gasteiger partial charge in [-0.25, -0.2) is 0 Å². The van der Waals surface area contributed by atoms with E-state index in [9.17, 15) is 18.4 Å². The van der Waals surface area contributed by atoms with E-state index in [-0.39, 0.29) is 42.9 Å². The van der Waals surface area contributed by atoms with Crippen LogP contribution in [0, 0.1) is 5.92 Å². The Labute approximate surface area is 239 Å². The Morgan fingerprint density at radius 3 is 2.61 bits per heavy atom. The molecule has 0 aliphatic carbocycles. The molecule has 1 N–H and O–H groups in total. The largest absolute Gasteiger partial charge is 0.454 e. The summed E-state index contributed by atoms with van der Waals surface area (Å²) in [6.07, 6.45) is 0.766. The molecule has 3 aliphatic heterocycles. The zero-order valence-corrected chi connectivity index (χ0v) is 23.6. The van der Waals surface area contributed by atoms with Gasteiger partial charge in [-0.1, -0.05) is 38.1 Å². The van der Waals surface area contributed by atoms with Crippen LogP contribution in [0.1, 0.15) is 37.8 Å². The van der Waals surface area contributed by atoms with E-state index in [4.69, 9.17) is 14.2 Å². The first-order valence-corrected chi connectivity index (χ1v) is 14.2. The van der Waals surface area contributed by atoms with Gasteiger partial charge in [-0.15, -0.1) is 0 Å². The third-order valence-corrected chi connectivity index (χ3v) is 7.79. The normalized spacial score (nSPS) is 20.6. The summed E-state index contributed by atoms with van der Waals surface area (Å²) < 4.78 is 42.1. The third-order valence-electron chi connectivity index (χ3n) is 7.79. The van der Waals surface area contributed by atoms with Crippen molar-refractivity contribution in [3.63, 3.8) is 0 Å². The average Bonchev–Trinajstić information content (AvgIpc) is 3.59. The van der Waals surface area contributed by atoms with Gasteiger partial charge in [0, 0.05) is 63.8 Å². The zero-order valence-electron chi connectivity index (χ0n) is 23.6. The fourth-order valence-corrected chi connectivity index (χ4v) is 5.82. The SMILES string of the molecule is CC(C)CC(=O)N(Cc1ccccc1OC(F)F)[C@H]1C[C@@H](C(=O)N2CCNCC2)N(Cc2ccc3c(c2)OCO3)C1. The summed E-state index contributed by atoms with van der Waals surface area (Å²) in [5.41, 5.74) is 1.48. The molecule has 222 valence electrons. The first kappa shape index (κ1) is 29.1. The van der Waals surface area contributed by atoms with Crippen molar-refractivity contribution >= 4 is 11.8 Å². The molecule has 2 fully saturated rings. The highest BCUT2D eigenvalue weighted by atomic mass is 19.3. The van der Waals surface area contributed by atoms with Gasteiger partial charge >= 0.3 is 6.61 Å². The fourth-order valence-electron chi connectivity index (χ4n) is 5.82. The molecule has 41 heavy (non-hydrogen) atoms. The molecule has 2 aromatic carbocycles. The van der Waals surface area contributed by atoms with E-state index >= 15 is 0 Å². The van der Waals surface area contributed by atoms with Gasteiger partial charge < -0.3 is 29.3 Å². The Morgan fingerprint density at radius 2 is 1.85 bits per heavy atom. The summed E-state index contributed by atoms with van der Waals surface area (Å²) in [6.45, 7) is 4.98. The molecule has 0 aromatic heterocycles. The predicted molar refractivity (Wildman–Crippen MR) is 148 cm³/mol. The number of para-hydroxylation sites is 1. The van der Waals surface area contributed by atoms with E-state index in [0.29, 0.717) is 56.1 Å². The minimum atomic E-state index is -2.97. The van der Waals surface area contributed by atoms with Crippen LogP contribution in [0.25, 0.3) is 0 Å². The number of likely N-dealkylation sites (tertiary alicyclic amines) is 1. The molecule has 0 radical (unpaired) electrons. The van der Waals surface area contributed by atoms with E-state index in [1.54, 1.807) is 23.1 Å². The summed E-state index contributed by atoms with van der Waals surface area (Å²) in [5, 5.41) is 3.29. The molecule has 0 saturated carbocycles. The molecule has 11 heteroatoms. The number of benzene rings is 2. The molecule has 3 heterocycles. The van der Waals surface area contributed by atoms with Crippen molar-refractivity contribution in [1.82, 2.24) is 20.0 Å². The number of carbonyl (C=O) groups is 2. The number of fused-ring (bicyclic) bond motifs is 1. The minimum Gasteiger partial charge on any atom is -0.454 e. The van der Waals surface area contributed by atoms with Crippen LogP contribution < -0.4 is 19.5 Å². The molecule has 2 aromatic rings. The van der Waals surface area contributed by atoms with Gasteiger partial charge in [0.15, 0.2) is 11.5 Å². The Bertz CT molecular complexity index is 1220. The van der Waals surface area contributed by atoms with Crippen LogP contribution in [0.2, 0.25) is 0 Å². The van der Waals surface area contributed by atoms with Crippen LogP contribution in [0.3, 0.4) is 0 Å². The number of nitrogens with zero attached hydrogens (tertiary/aromatic N) is 3. The van der Waals surface area contributed by atoms with Crippen molar-refractivity contribution < 1.29 is 32.6 Å². The molecule has 2 saturated heterocycles. The molecule has 3 aliphatic rings. The Hall–Kier alpha value is -3.44. The Morgan fingerprint density at radius 1 is 1.10 bits per heavy atom. The van der Waals surface area contributed by atoms with E-state index in [1.807, 2.05) is 36.9 Å². The van der Waals surface area contributed by atoms with Gasteiger partial charge in [0.1, 0.15) is 5.75 Å². The summed E-state index contributed by atoms with van der Waals surface area (Å²) in [6, 6.07) is 11.6. The lowest BCUT2D eigenvalue weighted by Crippen LogP contribution is -2.52. The second-order valence-electron chi connectivity index (χ2n) is 11.2. The number of amides is 2. The topological polar surface area (TPSA) is 83.6 Å². The lowest BCUT2D eigenvalue weighted by Gasteiger charge is -2.32. The lowest BCUT2D eigenvalue weighted by atomic mass is 10.0. The molecule has 0 spiro atoms. The van der Waals surface area contributed by atoms with E-state index in [2.05, 4.69) is 10.2 Å². The Kier molecular flexibility index (Phi) is 9.24. The Balaban J connectivity index is 1.42. The highest BCUT2D eigenvalue weighted by Gasteiger charge is 2.42. The molecular weight excluding hydrogens is 534 g/mol. The molecule has 0 bridgehead atoms. The monoisotopic (exact) mass is 572 g/mol. The maximum atomic E-state index is 13.8. The first-order valence-electron chi connectivity index (χ1n) is 14.2. The number of hydrogen-bond acceptors (Lipinski definition) is 7. The lowest BCUT2D eigenvalue weighted by molar-refractivity contribution is -0.137. The van der Waals surface area contributed by atoms with Crippen molar-refractivity contribution in [3.05, 3.63) is 53.6 Å². The van der Waals surface area contributed by atoms with E-state index in [1.165, 1.54) is 6.07 Å². The average molecular weight is 573 g/mol. The van der Waals surface area contributed by atoms with Crippen molar-refractivity contribution in [3.8, 4) is 17.2 Å². The van der Waals surface area contributed by atoms with Gasteiger partial charge in [-0.2, -0.15) is 8.78 Å². The van der Waals surface area contributed by atoms with Crippen LogP contribution >= 0.6 is 0 Å². The minimum absolute atomic E-state index is 0.0486. The maximum absolute atomic E-state index is 13.8. The summed E-state index contributed by atoms with van der Waals surface area (Å²) in [5.74, 6) is 1.50. The second kappa shape index (κ2) is 13.0. The van der Waals surface area contributed by atoms with Crippen molar-refractivity contribution in [2.75, 3.05) is 39.5 Å². The number of nitrogens with one attached hydrogen (secondary N) is 1. The van der Waals surface area contributed by atoms with Crippen LogP contribution in [0.15, 0.2) is 42.5 Å². The number of rotatable bonds is 10. The predicted octanol–water partition coefficient (Wildman–Crippen LogP) is 3.47. The van der Waals surface area contributed by atoms with Gasteiger partial charge in [-0.3, -0.25) is 14.5 Å². The number of carbonyl (C=O) groups excluding carboxylic acids is 2. The molecule has 2 atom stereocenters. The highest BCUT2D eigenvalue weighted by molar-refractivity contribution is 5.83. The van der Waals surface area contributed by atoms with Crippen molar-refractivity contribution in [2.24, 2.45) is 5.92 Å². The highest BCUT2D eigenvalue weighted by Crippen LogP contribution is 2.35. The smallest absolute Gasteiger partial charge is 0.387 e. The van der Waals surface area contributed by atoms with Gasteiger partial charge in [0.05, 0.1) is 6.04 Å². The number of halogens is 2. The molecular formula is C30H38F2N4O5. The maximum Gasteiger partial charge on any atom is 0.387 e. The third kappa shape index (κ3) is 7.08. The van der Waals surface area contributed by atoms with Gasteiger partial charge in [0.2, 0.25) is 18.6 Å². The number of ether oxygens (including phenoxy) is 3. The second-order valence-corrected chi connectivity index (χ2v) is 11.2. The summed E-state index contributed by atoms with van der Waals surface area (Å²) in [7, 11) is 0. The molecule has 9 nitrogen and oxygen atoms in total. The number of hydrogen-bond donors (Lipinski definition) is 1. The van der Waals surface area contributed by atoms with Crippen LogP contribution in [-0.2, 0) is 22.7 Å². The summed E-state index contributed by atoms with van der Waals surface area (Å²) in [4.78, 5) is 33.3. The van der Waals surface area contributed by atoms with E-state index in [0.717, 1.165) is 18.7 Å². The quantitative estimate of drug-likeness (QED) is 0.467. The zero-order chi connectivity index (χ0) is 28.9. The van der Waals surface area contributed by atoms with E-state index < -0.39 is 12.7 Å². The standard InChI is InChI=1S/C30H38F2N4O5/c1-20(2)13-28(37)36(17-22-5-3-4-6-25(22)41-30(31)32)23-15-24(29(38)34-11-9-33-10-12-34)35(18-23)16-21-7-8-26-27(14-21)40-19-39-26/h3-8,14,20,23-24,30,33H,9-13,15-19H2,1-2H3/t23-,24-/m0/s1. The molecule has 5 rings (SSSR count). The fraction of sp³-hybridized carbons (Fsp3) is 0.533. The van der Waals surface area contributed by atoms with Gasteiger partial charge in [0.25, 0.3) is 0 Å². The van der Waals surface area contributed by atoms with Crippen LogP contribution in [-0.4, -0.2) is 84.7 Å². The van der Waals surface area contributed by atoms with Gasteiger partial charge in [-0.05, 0) is 36.1 Å². The van der Waals surface area contributed by atoms with Crippen molar-refractivity contribution in [2.45, 2.75) is 58.5 Å². The number of piperazine rings is 1. The summed E-state index contributed by atoms with van der Waals surface area (Å²) >= 11 is 0. The van der Waals surface area contributed by atoms with Crippen molar-refractivity contribution in [1.29, 1.82) is 0 Å². The number of alkyl halides is 2.